The van der Waals surface area contributed by atoms with Gasteiger partial charge in [-0.05, 0) is 25.1 Å². The summed E-state index contributed by atoms with van der Waals surface area (Å²) < 4.78 is 10.7. The van der Waals surface area contributed by atoms with Crippen LogP contribution in [0.3, 0.4) is 0 Å². The Bertz CT molecular complexity index is 283. The van der Waals surface area contributed by atoms with E-state index in [1.165, 1.54) is 0 Å². The van der Waals surface area contributed by atoms with E-state index in [0.29, 0.717) is 18.6 Å². The van der Waals surface area contributed by atoms with Crippen molar-refractivity contribution < 1.29 is 9.15 Å². The number of methoxy groups -OCH3 is 1. The van der Waals surface area contributed by atoms with Gasteiger partial charge in [-0.3, -0.25) is 0 Å². The van der Waals surface area contributed by atoms with Crippen molar-refractivity contribution in [2.75, 3.05) is 14.2 Å². The lowest BCUT2D eigenvalue weighted by atomic mass is 9.97. The summed E-state index contributed by atoms with van der Waals surface area (Å²) in [7, 11) is 3.64. The molecule has 3 heteroatoms. The Kier molecular flexibility index (Phi) is 4.85. The van der Waals surface area contributed by atoms with Crippen molar-refractivity contribution in [3.8, 4) is 0 Å². The van der Waals surface area contributed by atoms with Gasteiger partial charge in [0.05, 0.1) is 6.04 Å². The van der Waals surface area contributed by atoms with E-state index in [4.69, 9.17) is 9.15 Å². The molecule has 0 radical (unpaired) electrons. The van der Waals surface area contributed by atoms with Crippen LogP contribution >= 0.6 is 0 Å². The van der Waals surface area contributed by atoms with Crippen molar-refractivity contribution in [2.45, 2.75) is 32.9 Å². The highest BCUT2D eigenvalue weighted by molar-refractivity contribution is 5.11. The fraction of sp³-hybridized carbons (Fsp3) is 0.667. The second-order valence-electron chi connectivity index (χ2n) is 3.89. The van der Waals surface area contributed by atoms with Crippen LogP contribution in [0, 0.1) is 5.92 Å². The van der Waals surface area contributed by atoms with Gasteiger partial charge in [0.15, 0.2) is 0 Å². The van der Waals surface area contributed by atoms with Crippen molar-refractivity contribution in [2.24, 2.45) is 5.92 Å². The van der Waals surface area contributed by atoms with Crippen LogP contribution in [0.1, 0.15) is 37.8 Å². The Morgan fingerprint density at radius 3 is 2.73 bits per heavy atom. The molecule has 2 atom stereocenters. The van der Waals surface area contributed by atoms with E-state index in [1.54, 1.807) is 7.11 Å². The number of rotatable bonds is 6. The molecule has 86 valence electrons. The second kappa shape index (κ2) is 5.93. The van der Waals surface area contributed by atoms with Crippen molar-refractivity contribution >= 4 is 0 Å². The summed E-state index contributed by atoms with van der Waals surface area (Å²) in [5.74, 6) is 2.45. The van der Waals surface area contributed by atoms with Gasteiger partial charge >= 0.3 is 0 Å². The molecule has 0 aliphatic rings. The molecule has 0 amide bonds. The zero-order chi connectivity index (χ0) is 11.3. The summed E-state index contributed by atoms with van der Waals surface area (Å²) in [5, 5.41) is 3.29. The zero-order valence-corrected chi connectivity index (χ0v) is 10.0. The lowest BCUT2D eigenvalue weighted by Gasteiger charge is -2.20. The van der Waals surface area contributed by atoms with Crippen LogP contribution in [-0.2, 0) is 11.3 Å². The lowest BCUT2D eigenvalue weighted by molar-refractivity contribution is 0.160. The van der Waals surface area contributed by atoms with Gasteiger partial charge in [0.1, 0.15) is 18.1 Å². The average Bonchev–Trinajstić information content (AvgIpc) is 2.68. The third-order valence-corrected chi connectivity index (χ3v) is 2.80. The van der Waals surface area contributed by atoms with Gasteiger partial charge in [0.2, 0.25) is 0 Å². The quantitative estimate of drug-likeness (QED) is 0.785. The largest absolute Gasteiger partial charge is 0.462 e. The van der Waals surface area contributed by atoms with E-state index in [-0.39, 0.29) is 0 Å². The number of nitrogens with one attached hydrogen (secondary N) is 1. The number of hydrogen-bond donors (Lipinski definition) is 1. The zero-order valence-electron chi connectivity index (χ0n) is 10.0. The summed E-state index contributed by atoms with van der Waals surface area (Å²) in [5.41, 5.74) is 0. The summed E-state index contributed by atoms with van der Waals surface area (Å²) in [4.78, 5) is 0. The summed E-state index contributed by atoms with van der Waals surface area (Å²) in [6.45, 7) is 4.95. The van der Waals surface area contributed by atoms with Gasteiger partial charge < -0.3 is 14.5 Å². The molecule has 15 heavy (non-hydrogen) atoms. The number of ether oxygens (including phenoxy) is 1. The highest BCUT2D eigenvalue weighted by atomic mass is 16.5. The third-order valence-electron chi connectivity index (χ3n) is 2.80. The maximum absolute atomic E-state index is 5.71. The fourth-order valence-electron chi connectivity index (χ4n) is 1.72. The normalized spacial score (nSPS) is 15.2. The molecule has 3 nitrogen and oxygen atoms in total. The minimum absolute atomic E-state index is 0.292. The van der Waals surface area contributed by atoms with Crippen molar-refractivity contribution in [1.82, 2.24) is 5.32 Å². The van der Waals surface area contributed by atoms with Gasteiger partial charge in [-0.25, -0.2) is 0 Å². The third kappa shape index (κ3) is 3.08. The lowest BCUT2D eigenvalue weighted by Crippen LogP contribution is -2.22. The van der Waals surface area contributed by atoms with Crippen LogP contribution in [0.25, 0.3) is 0 Å². The molecule has 0 saturated heterocycles. The summed E-state index contributed by atoms with van der Waals surface area (Å²) >= 11 is 0. The first-order valence-electron chi connectivity index (χ1n) is 5.47. The summed E-state index contributed by atoms with van der Waals surface area (Å²) in [6, 6.07) is 4.30. The van der Waals surface area contributed by atoms with E-state index in [2.05, 4.69) is 19.2 Å². The van der Waals surface area contributed by atoms with Crippen LogP contribution in [0.4, 0.5) is 0 Å². The van der Waals surface area contributed by atoms with Crippen LogP contribution in [0.2, 0.25) is 0 Å². The number of hydrogen-bond acceptors (Lipinski definition) is 3. The van der Waals surface area contributed by atoms with E-state index >= 15 is 0 Å². The van der Waals surface area contributed by atoms with E-state index in [0.717, 1.165) is 17.9 Å². The molecule has 1 heterocycles. The molecule has 1 aromatic heterocycles. The number of furan rings is 1. The average molecular weight is 211 g/mol. The minimum atomic E-state index is 0.292. The van der Waals surface area contributed by atoms with Gasteiger partial charge in [0, 0.05) is 7.11 Å². The standard InChI is InChI=1S/C12H21NO2/c1-5-9(2)12(13-3)11-7-6-10(15-11)8-14-4/h6-7,9,12-13H,5,8H2,1-4H3. The Labute approximate surface area is 91.8 Å². The maximum atomic E-state index is 5.71. The van der Waals surface area contributed by atoms with Crippen LogP contribution in [0.5, 0.6) is 0 Å². The monoisotopic (exact) mass is 211 g/mol. The SMILES string of the molecule is CCC(C)C(NC)c1ccc(COC)o1. The predicted octanol–water partition coefficient (Wildman–Crippen LogP) is 2.73. The molecule has 0 saturated carbocycles. The van der Waals surface area contributed by atoms with Crippen LogP contribution < -0.4 is 5.32 Å². The first-order valence-corrected chi connectivity index (χ1v) is 5.47. The topological polar surface area (TPSA) is 34.4 Å². The van der Waals surface area contributed by atoms with Crippen LogP contribution in [0.15, 0.2) is 16.5 Å². The van der Waals surface area contributed by atoms with Gasteiger partial charge in [-0.2, -0.15) is 0 Å². The molecule has 1 rings (SSSR count). The molecule has 0 aliphatic carbocycles. The summed E-state index contributed by atoms with van der Waals surface area (Å²) in [6.07, 6.45) is 1.13. The molecule has 2 unspecified atom stereocenters. The fourth-order valence-corrected chi connectivity index (χ4v) is 1.72. The Balaban J connectivity index is 2.73. The molecular weight excluding hydrogens is 190 g/mol. The highest BCUT2D eigenvalue weighted by Crippen LogP contribution is 2.25. The first kappa shape index (κ1) is 12.3. The van der Waals surface area contributed by atoms with Crippen molar-refractivity contribution in [1.29, 1.82) is 0 Å². The van der Waals surface area contributed by atoms with Gasteiger partial charge in [-0.1, -0.05) is 20.3 Å². The molecule has 0 fully saturated rings. The predicted molar refractivity (Wildman–Crippen MR) is 60.7 cm³/mol. The molecular formula is C12H21NO2. The molecule has 0 aliphatic heterocycles. The van der Waals surface area contributed by atoms with E-state index in [1.807, 2.05) is 19.2 Å². The molecule has 0 spiro atoms. The Morgan fingerprint density at radius 1 is 1.47 bits per heavy atom. The van der Waals surface area contributed by atoms with Crippen LogP contribution in [-0.4, -0.2) is 14.2 Å². The van der Waals surface area contributed by atoms with E-state index < -0.39 is 0 Å². The molecule has 1 aromatic rings. The van der Waals surface area contributed by atoms with Crippen molar-refractivity contribution in [3.63, 3.8) is 0 Å². The van der Waals surface area contributed by atoms with Gasteiger partial charge in [0.25, 0.3) is 0 Å². The molecule has 0 bridgehead atoms. The van der Waals surface area contributed by atoms with Crippen molar-refractivity contribution in [3.05, 3.63) is 23.7 Å². The Morgan fingerprint density at radius 2 is 2.20 bits per heavy atom. The molecule has 1 N–H and O–H groups in total. The molecule has 0 aromatic carbocycles. The van der Waals surface area contributed by atoms with E-state index in [9.17, 15) is 0 Å². The maximum Gasteiger partial charge on any atom is 0.129 e. The Hall–Kier alpha value is -0.800. The second-order valence-corrected chi connectivity index (χ2v) is 3.89. The smallest absolute Gasteiger partial charge is 0.129 e. The first-order chi connectivity index (χ1) is 7.22. The minimum Gasteiger partial charge on any atom is -0.462 e. The van der Waals surface area contributed by atoms with Gasteiger partial charge in [-0.15, -0.1) is 0 Å². The highest BCUT2D eigenvalue weighted by Gasteiger charge is 2.19.